The van der Waals surface area contributed by atoms with Crippen LogP contribution in [0.15, 0.2) is 47.5 Å². The first-order valence-corrected chi connectivity index (χ1v) is 9.11. The molecule has 0 bridgehead atoms. The SMILES string of the molecule is c1cc(OCC2CC3(CCCCC3)CN2Cc2ccoc2)ccn1. The quantitative estimate of drug-likeness (QED) is 0.822. The summed E-state index contributed by atoms with van der Waals surface area (Å²) in [6, 6.07) is 6.43. The van der Waals surface area contributed by atoms with Crippen LogP contribution in [0.2, 0.25) is 0 Å². The molecule has 0 N–H and O–H groups in total. The third kappa shape index (κ3) is 3.48. The number of nitrogens with zero attached hydrogens (tertiary/aromatic N) is 2. The molecule has 1 aliphatic heterocycles. The van der Waals surface area contributed by atoms with Gasteiger partial charge >= 0.3 is 0 Å². The van der Waals surface area contributed by atoms with E-state index < -0.39 is 0 Å². The summed E-state index contributed by atoms with van der Waals surface area (Å²) in [6.07, 6.45) is 15.4. The van der Waals surface area contributed by atoms with Gasteiger partial charge in [0.25, 0.3) is 0 Å². The van der Waals surface area contributed by atoms with Gasteiger partial charge in [0.2, 0.25) is 0 Å². The standard InChI is InChI=1S/C20H26N2O2/c1-2-7-20(8-3-1)12-18(15-24-19-4-9-21-10-5-19)22(16-20)13-17-6-11-23-14-17/h4-6,9-11,14,18H,1-3,7-8,12-13,15-16H2. The second kappa shape index (κ2) is 6.98. The van der Waals surface area contributed by atoms with Gasteiger partial charge in [-0.2, -0.15) is 0 Å². The van der Waals surface area contributed by atoms with Gasteiger partial charge in [-0.05, 0) is 42.9 Å². The molecule has 1 unspecified atom stereocenters. The van der Waals surface area contributed by atoms with Crippen molar-refractivity contribution in [2.45, 2.75) is 51.1 Å². The number of aromatic nitrogens is 1. The molecule has 24 heavy (non-hydrogen) atoms. The number of furan rings is 1. The van der Waals surface area contributed by atoms with E-state index >= 15 is 0 Å². The van der Waals surface area contributed by atoms with Crippen molar-refractivity contribution in [3.8, 4) is 5.75 Å². The third-order valence-electron chi connectivity index (χ3n) is 5.70. The molecule has 2 aromatic heterocycles. The molecule has 1 saturated heterocycles. The molecular formula is C20H26N2O2. The second-order valence-corrected chi connectivity index (χ2v) is 7.45. The van der Waals surface area contributed by atoms with Gasteiger partial charge in [0.15, 0.2) is 0 Å². The van der Waals surface area contributed by atoms with Gasteiger partial charge < -0.3 is 9.15 Å². The molecule has 3 heterocycles. The van der Waals surface area contributed by atoms with E-state index in [-0.39, 0.29) is 0 Å². The molecule has 0 amide bonds. The Morgan fingerprint density at radius 2 is 2.00 bits per heavy atom. The molecule has 2 fully saturated rings. The minimum absolute atomic E-state index is 0.478. The molecule has 4 nitrogen and oxygen atoms in total. The summed E-state index contributed by atoms with van der Waals surface area (Å²) in [5.74, 6) is 0.915. The maximum absolute atomic E-state index is 6.07. The van der Waals surface area contributed by atoms with Crippen LogP contribution in [0.5, 0.6) is 5.75 Å². The summed E-state index contributed by atoms with van der Waals surface area (Å²) < 4.78 is 11.3. The van der Waals surface area contributed by atoms with E-state index in [1.165, 1.54) is 50.6 Å². The Bertz CT molecular complexity index is 620. The van der Waals surface area contributed by atoms with Crippen molar-refractivity contribution in [2.75, 3.05) is 13.2 Å². The fraction of sp³-hybridized carbons (Fsp3) is 0.550. The summed E-state index contributed by atoms with van der Waals surface area (Å²) in [5, 5.41) is 0. The Morgan fingerprint density at radius 1 is 1.17 bits per heavy atom. The van der Waals surface area contributed by atoms with Crippen LogP contribution in [0.1, 0.15) is 44.1 Å². The van der Waals surface area contributed by atoms with Crippen LogP contribution in [0.3, 0.4) is 0 Å². The fourth-order valence-electron chi connectivity index (χ4n) is 4.51. The lowest BCUT2D eigenvalue weighted by Crippen LogP contribution is -2.34. The first-order valence-electron chi connectivity index (χ1n) is 9.11. The Labute approximate surface area is 143 Å². The van der Waals surface area contributed by atoms with Crippen LogP contribution in [0.4, 0.5) is 0 Å². The Hall–Kier alpha value is -1.81. The smallest absolute Gasteiger partial charge is 0.122 e. The summed E-state index contributed by atoms with van der Waals surface area (Å²) in [6.45, 7) is 2.91. The van der Waals surface area contributed by atoms with Crippen molar-refractivity contribution in [2.24, 2.45) is 5.41 Å². The zero-order chi connectivity index (χ0) is 16.2. The van der Waals surface area contributed by atoms with E-state index in [1.807, 2.05) is 18.4 Å². The maximum Gasteiger partial charge on any atom is 0.122 e. The monoisotopic (exact) mass is 326 g/mol. The van der Waals surface area contributed by atoms with E-state index in [9.17, 15) is 0 Å². The van der Waals surface area contributed by atoms with Crippen LogP contribution >= 0.6 is 0 Å². The van der Waals surface area contributed by atoms with E-state index in [0.29, 0.717) is 11.5 Å². The molecule has 1 spiro atoms. The van der Waals surface area contributed by atoms with Crippen LogP contribution in [0, 0.1) is 5.41 Å². The highest BCUT2D eigenvalue weighted by atomic mass is 16.5. The van der Waals surface area contributed by atoms with Crippen molar-refractivity contribution < 1.29 is 9.15 Å². The first-order chi connectivity index (χ1) is 11.8. The molecule has 4 rings (SSSR count). The van der Waals surface area contributed by atoms with E-state index in [0.717, 1.165) is 18.9 Å². The molecule has 128 valence electrons. The zero-order valence-corrected chi connectivity index (χ0v) is 14.2. The lowest BCUT2D eigenvalue weighted by atomic mass is 9.73. The van der Waals surface area contributed by atoms with Crippen LogP contribution in [-0.4, -0.2) is 29.1 Å². The van der Waals surface area contributed by atoms with Crippen molar-refractivity contribution in [1.82, 2.24) is 9.88 Å². The predicted molar refractivity (Wildman–Crippen MR) is 92.8 cm³/mol. The molecular weight excluding hydrogens is 300 g/mol. The van der Waals surface area contributed by atoms with Gasteiger partial charge in [0, 0.05) is 37.1 Å². The van der Waals surface area contributed by atoms with Gasteiger partial charge in [0.1, 0.15) is 12.4 Å². The van der Waals surface area contributed by atoms with Crippen molar-refractivity contribution in [1.29, 1.82) is 0 Å². The number of hydrogen-bond acceptors (Lipinski definition) is 4. The van der Waals surface area contributed by atoms with Gasteiger partial charge in [0.05, 0.1) is 12.5 Å². The van der Waals surface area contributed by atoms with Gasteiger partial charge in [-0.1, -0.05) is 19.3 Å². The van der Waals surface area contributed by atoms with Gasteiger partial charge in [-0.3, -0.25) is 9.88 Å². The second-order valence-electron chi connectivity index (χ2n) is 7.45. The summed E-state index contributed by atoms with van der Waals surface area (Å²) in [7, 11) is 0. The van der Waals surface area contributed by atoms with E-state index in [1.54, 1.807) is 18.7 Å². The van der Waals surface area contributed by atoms with Crippen LogP contribution in [-0.2, 0) is 6.54 Å². The average molecular weight is 326 g/mol. The zero-order valence-electron chi connectivity index (χ0n) is 14.2. The largest absolute Gasteiger partial charge is 0.492 e. The number of ether oxygens (including phenoxy) is 1. The molecule has 4 heteroatoms. The summed E-state index contributed by atoms with van der Waals surface area (Å²) in [5.41, 5.74) is 1.77. The lowest BCUT2D eigenvalue weighted by Gasteiger charge is -2.33. The first kappa shape index (κ1) is 15.7. The highest BCUT2D eigenvalue weighted by molar-refractivity contribution is 5.17. The van der Waals surface area contributed by atoms with E-state index in [2.05, 4.69) is 16.0 Å². The summed E-state index contributed by atoms with van der Waals surface area (Å²) >= 11 is 0. The number of likely N-dealkylation sites (tertiary alicyclic amines) is 1. The Kier molecular flexibility index (Phi) is 4.56. The van der Waals surface area contributed by atoms with Crippen molar-refractivity contribution >= 4 is 0 Å². The van der Waals surface area contributed by atoms with Gasteiger partial charge in [-0.25, -0.2) is 0 Å². The molecule has 0 radical (unpaired) electrons. The maximum atomic E-state index is 6.07. The molecule has 2 aromatic rings. The molecule has 2 aliphatic rings. The fourth-order valence-corrected chi connectivity index (χ4v) is 4.51. The van der Waals surface area contributed by atoms with Crippen molar-refractivity contribution in [3.05, 3.63) is 48.7 Å². The van der Waals surface area contributed by atoms with Gasteiger partial charge in [-0.15, -0.1) is 0 Å². The van der Waals surface area contributed by atoms with E-state index in [4.69, 9.17) is 9.15 Å². The third-order valence-corrected chi connectivity index (χ3v) is 5.70. The number of rotatable bonds is 5. The highest BCUT2D eigenvalue weighted by Gasteiger charge is 2.44. The molecule has 1 atom stereocenters. The topological polar surface area (TPSA) is 38.5 Å². The molecule has 1 saturated carbocycles. The predicted octanol–water partition coefficient (Wildman–Crippen LogP) is 4.28. The Balaban J connectivity index is 1.45. The number of hydrogen-bond donors (Lipinski definition) is 0. The minimum atomic E-state index is 0.478. The average Bonchev–Trinajstić information content (AvgIpc) is 3.24. The van der Waals surface area contributed by atoms with Crippen molar-refractivity contribution in [3.63, 3.8) is 0 Å². The summed E-state index contributed by atoms with van der Waals surface area (Å²) in [4.78, 5) is 6.67. The minimum Gasteiger partial charge on any atom is -0.492 e. The molecule has 0 aromatic carbocycles. The normalized spacial score (nSPS) is 23.6. The highest BCUT2D eigenvalue weighted by Crippen LogP contribution is 2.46. The van der Waals surface area contributed by atoms with Crippen LogP contribution < -0.4 is 4.74 Å². The lowest BCUT2D eigenvalue weighted by molar-refractivity contribution is 0.159. The molecule has 1 aliphatic carbocycles. The van der Waals surface area contributed by atoms with Crippen LogP contribution in [0.25, 0.3) is 0 Å². The number of pyridine rings is 1. The Morgan fingerprint density at radius 3 is 2.75 bits per heavy atom.